The highest BCUT2D eigenvalue weighted by Gasteiger charge is 2.40. The number of anilines is 1. The Bertz CT molecular complexity index is 675. The molecule has 1 aliphatic heterocycles. The molecule has 0 bridgehead atoms. The zero-order chi connectivity index (χ0) is 15.8. The quantitative estimate of drug-likeness (QED) is 0.794. The van der Waals surface area contributed by atoms with Gasteiger partial charge in [-0.05, 0) is 49.7 Å². The molecule has 2 fully saturated rings. The van der Waals surface area contributed by atoms with E-state index in [-0.39, 0.29) is 0 Å². The molecule has 1 saturated carbocycles. The Morgan fingerprint density at radius 1 is 1.39 bits per heavy atom. The molecule has 0 aromatic carbocycles. The van der Waals surface area contributed by atoms with E-state index in [1.807, 2.05) is 6.20 Å². The van der Waals surface area contributed by atoms with E-state index in [1.165, 1.54) is 35.9 Å². The van der Waals surface area contributed by atoms with E-state index in [0.717, 1.165) is 18.8 Å². The minimum atomic E-state index is 0.494. The average Bonchev–Trinajstić information content (AvgIpc) is 3.18. The Morgan fingerprint density at radius 2 is 2.30 bits per heavy atom. The SMILES string of the molecule is COCC1CC1c1c[nH]c2nccc(N[C@@H]3CC[C@H](C)NC3)c12. The van der Waals surface area contributed by atoms with Crippen LogP contribution in [0.2, 0.25) is 0 Å². The van der Waals surface area contributed by atoms with E-state index in [9.17, 15) is 0 Å². The first kappa shape index (κ1) is 15.0. The number of piperidine rings is 1. The number of ether oxygens (including phenoxy) is 1. The molecule has 3 heterocycles. The molecule has 2 aromatic rings. The first-order valence-corrected chi connectivity index (χ1v) is 8.71. The van der Waals surface area contributed by atoms with Gasteiger partial charge in [-0.2, -0.15) is 0 Å². The predicted octanol–water partition coefficient (Wildman–Crippen LogP) is 2.87. The third-order valence-electron chi connectivity index (χ3n) is 5.33. The molecule has 1 saturated heterocycles. The smallest absolute Gasteiger partial charge is 0.139 e. The Balaban J connectivity index is 1.58. The van der Waals surface area contributed by atoms with Gasteiger partial charge < -0.3 is 20.4 Å². The number of methoxy groups -OCH3 is 1. The Hall–Kier alpha value is -1.59. The number of aromatic amines is 1. The van der Waals surface area contributed by atoms with Gasteiger partial charge in [-0.3, -0.25) is 0 Å². The lowest BCUT2D eigenvalue weighted by molar-refractivity contribution is 0.184. The van der Waals surface area contributed by atoms with Crippen molar-refractivity contribution in [3.63, 3.8) is 0 Å². The van der Waals surface area contributed by atoms with Crippen molar-refractivity contribution in [2.24, 2.45) is 5.92 Å². The van der Waals surface area contributed by atoms with Crippen LogP contribution in [0.1, 0.15) is 37.7 Å². The van der Waals surface area contributed by atoms with E-state index in [4.69, 9.17) is 4.74 Å². The number of nitrogens with zero attached hydrogens (tertiary/aromatic N) is 1. The average molecular weight is 314 g/mol. The van der Waals surface area contributed by atoms with Gasteiger partial charge in [0.05, 0.1) is 0 Å². The second-order valence-corrected chi connectivity index (χ2v) is 7.11. The normalized spacial score (nSPS) is 30.5. The Labute approximate surface area is 137 Å². The van der Waals surface area contributed by atoms with Crippen molar-refractivity contribution in [1.82, 2.24) is 15.3 Å². The second-order valence-electron chi connectivity index (χ2n) is 7.11. The van der Waals surface area contributed by atoms with Crippen LogP contribution in [0, 0.1) is 5.92 Å². The van der Waals surface area contributed by atoms with E-state index in [2.05, 4.69) is 39.8 Å². The zero-order valence-corrected chi connectivity index (χ0v) is 13.9. The summed E-state index contributed by atoms with van der Waals surface area (Å²) in [5.74, 6) is 1.27. The van der Waals surface area contributed by atoms with Crippen molar-refractivity contribution in [2.45, 2.75) is 44.2 Å². The van der Waals surface area contributed by atoms with Crippen molar-refractivity contribution >= 4 is 16.7 Å². The molecule has 3 N–H and O–H groups in total. The van der Waals surface area contributed by atoms with Crippen LogP contribution in [-0.2, 0) is 4.74 Å². The summed E-state index contributed by atoms with van der Waals surface area (Å²) in [6.07, 6.45) is 7.70. The van der Waals surface area contributed by atoms with Crippen LogP contribution in [0.5, 0.6) is 0 Å². The highest BCUT2D eigenvalue weighted by molar-refractivity contribution is 5.93. The van der Waals surface area contributed by atoms with Gasteiger partial charge >= 0.3 is 0 Å². The maximum absolute atomic E-state index is 5.32. The number of H-pyrrole nitrogens is 1. The Morgan fingerprint density at radius 3 is 3.09 bits per heavy atom. The summed E-state index contributed by atoms with van der Waals surface area (Å²) in [6.45, 7) is 4.14. The van der Waals surface area contributed by atoms with Gasteiger partial charge in [-0.1, -0.05) is 0 Å². The number of hydrogen-bond acceptors (Lipinski definition) is 4. The molecule has 4 atom stereocenters. The molecule has 2 aliphatic rings. The molecule has 2 unspecified atom stereocenters. The molecular weight excluding hydrogens is 288 g/mol. The summed E-state index contributed by atoms with van der Waals surface area (Å²) in [7, 11) is 1.79. The lowest BCUT2D eigenvalue weighted by atomic mass is 10.0. The third kappa shape index (κ3) is 2.95. The maximum atomic E-state index is 5.32. The fourth-order valence-corrected chi connectivity index (χ4v) is 3.86. The van der Waals surface area contributed by atoms with Gasteiger partial charge in [-0.25, -0.2) is 4.98 Å². The molecule has 0 radical (unpaired) electrons. The fourth-order valence-electron chi connectivity index (χ4n) is 3.86. The topological polar surface area (TPSA) is 62.0 Å². The number of pyridine rings is 1. The predicted molar refractivity (Wildman–Crippen MR) is 92.9 cm³/mol. The molecule has 5 nitrogen and oxygen atoms in total. The molecule has 1 aliphatic carbocycles. The fraction of sp³-hybridized carbons (Fsp3) is 0.611. The third-order valence-corrected chi connectivity index (χ3v) is 5.33. The summed E-state index contributed by atoms with van der Waals surface area (Å²) in [5.41, 5.74) is 3.61. The van der Waals surface area contributed by atoms with E-state index in [0.29, 0.717) is 23.9 Å². The summed E-state index contributed by atoms with van der Waals surface area (Å²) >= 11 is 0. The second kappa shape index (κ2) is 6.13. The number of aromatic nitrogens is 2. The maximum Gasteiger partial charge on any atom is 0.139 e. The van der Waals surface area contributed by atoms with Gasteiger partial charge in [0.15, 0.2) is 0 Å². The first-order valence-electron chi connectivity index (χ1n) is 8.71. The van der Waals surface area contributed by atoms with Crippen LogP contribution < -0.4 is 10.6 Å². The molecule has 0 spiro atoms. The minimum Gasteiger partial charge on any atom is -0.384 e. The van der Waals surface area contributed by atoms with E-state index in [1.54, 1.807) is 7.11 Å². The monoisotopic (exact) mass is 314 g/mol. The molecule has 4 rings (SSSR count). The van der Waals surface area contributed by atoms with Crippen LogP contribution in [0.4, 0.5) is 5.69 Å². The lowest BCUT2D eigenvalue weighted by Gasteiger charge is -2.29. The summed E-state index contributed by atoms with van der Waals surface area (Å²) in [4.78, 5) is 7.86. The van der Waals surface area contributed by atoms with E-state index >= 15 is 0 Å². The standard InChI is InChI=1S/C18H26N4O/c1-11-3-4-13(8-20-11)22-16-5-6-19-18-17(16)15(9-21-18)14-7-12(14)10-23-2/h5-6,9,11-14,20H,3-4,7-8,10H2,1-2H3,(H2,19,21,22)/t11-,12?,13+,14?/m0/s1. The van der Waals surface area contributed by atoms with Crippen molar-refractivity contribution < 1.29 is 4.74 Å². The largest absolute Gasteiger partial charge is 0.384 e. The van der Waals surface area contributed by atoms with Gasteiger partial charge in [-0.15, -0.1) is 0 Å². The van der Waals surface area contributed by atoms with Crippen LogP contribution >= 0.6 is 0 Å². The molecule has 124 valence electrons. The highest BCUT2D eigenvalue weighted by Crippen LogP contribution is 2.50. The molecule has 23 heavy (non-hydrogen) atoms. The minimum absolute atomic E-state index is 0.494. The summed E-state index contributed by atoms with van der Waals surface area (Å²) < 4.78 is 5.32. The molecule has 0 amide bonds. The van der Waals surface area contributed by atoms with Crippen LogP contribution in [0.15, 0.2) is 18.5 Å². The number of rotatable bonds is 5. The number of fused-ring (bicyclic) bond motifs is 1. The molecule has 5 heteroatoms. The van der Waals surface area contributed by atoms with Crippen LogP contribution in [-0.4, -0.2) is 42.3 Å². The van der Waals surface area contributed by atoms with Crippen LogP contribution in [0.3, 0.4) is 0 Å². The summed E-state index contributed by atoms with van der Waals surface area (Å²) in [6, 6.07) is 3.24. The highest BCUT2D eigenvalue weighted by atomic mass is 16.5. The zero-order valence-electron chi connectivity index (χ0n) is 13.9. The van der Waals surface area contributed by atoms with Crippen molar-refractivity contribution in [1.29, 1.82) is 0 Å². The van der Waals surface area contributed by atoms with Gasteiger partial charge in [0.1, 0.15) is 5.65 Å². The molecule has 2 aromatic heterocycles. The van der Waals surface area contributed by atoms with Gasteiger partial charge in [0, 0.05) is 55.8 Å². The van der Waals surface area contributed by atoms with Crippen molar-refractivity contribution in [3.05, 3.63) is 24.0 Å². The molecular formula is C18H26N4O. The first-order chi connectivity index (χ1) is 11.3. The number of hydrogen-bond donors (Lipinski definition) is 3. The van der Waals surface area contributed by atoms with E-state index < -0.39 is 0 Å². The number of nitrogens with one attached hydrogen (secondary N) is 3. The lowest BCUT2D eigenvalue weighted by Crippen LogP contribution is -2.43. The van der Waals surface area contributed by atoms with Gasteiger partial charge in [0.2, 0.25) is 0 Å². The van der Waals surface area contributed by atoms with Crippen molar-refractivity contribution in [2.75, 3.05) is 25.6 Å². The Kier molecular flexibility index (Phi) is 3.99. The van der Waals surface area contributed by atoms with Crippen molar-refractivity contribution in [3.8, 4) is 0 Å². The van der Waals surface area contributed by atoms with Gasteiger partial charge in [0.25, 0.3) is 0 Å². The van der Waals surface area contributed by atoms with Crippen LogP contribution in [0.25, 0.3) is 11.0 Å². The summed E-state index contributed by atoms with van der Waals surface area (Å²) in [5, 5.41) is 8.58.